The van der Waals surface area contributed by atoms with Gasteiger partial charge in [-0.1, -0.05) is 50.2 Å². The lowest BCUT2D eigenvalue weighted by Gasteiger charge is -2.13. The number of rotatable bonds is 6. The van der Waals surface area contributed by atoms with Crippen LogP contribution < -0.4 is 5.32 Å². The zero-order valence-corrected chi connectivity index (χ0v) is 19.6. The molecule has 2 N–H and O–H groups in total. The first-order chi connectivity index (χ1) is 16.2. The van der Waals surface area contributed by atoms with Crippen molar-refractivity contribution in [2.75, 3.05) is 11.9 Å². The van der Waals surface area contributed by atoms with Crippen LogP contribution in [0.5, 0.6) is 0 Å². The molecule has 0 aliphatic rings. The van der Waals surface area contributed by atoms with Crippen LogP contribution in [0.25, 0.3) is 37.8 Å². The highest BCUT2D eigenvalue weighted by Gasteiger charge is 2.15. The lowest BCUT2D eigenvalue weighted by molar-refractivity contribution is 0.807. The summed E-state index contributed by atoms with van der Waals surface area (Å²) in [6.45, 7) is 5.30. The monoisotopic (exact) mass is 450 g/mol. The zero-order valence-electron chi connectivity index (χ0n) is 18.8. The molecular formula is C28H26N4S. The number of nitrogens with one attached hydrogen (secondary N) is 2. The second kappa shape index (κ2) is 8.09. The molecule has 4 heterocycles. The quantitative estimate of drug-likeness (QED) is 0.276. The number of anilines is 1. The van der Waals surface area contributed by atoms with E-state index in [9.17, 15) is 0 Å². The molecule has 2 aromatic carbocycles. The molecular weight excluding hydrogens is 424 g/mol. The van der Waals surface area contributed by atoms with Gasteiger partial charge in [-0.3, -0.25) is 0 Å². The fourth-order valence-electron chi connectivity index (χ4n) is 4.69. The van der Waals surface area contributed by atoms with Gasteiger partial charge in [-0.15, -0.1) is 11.3 Å². The van der Waals surface area contributed by atoms with E-state index in [0.29, 0.717) is 5.92 Å². The molecule has 0 radical (unpaired) electrons. The molecule has 6 rings (SSSR count). The molecule has 4 aromatic heterocycles. The van der Waals surface area contributed by atoms with Crippen LogP contribution in [0.3, 0.4) is 0 Å². The smallest absolute Gasteiger partial charge is 0.151 e. The van der Waals surface area contributed by atoms with Gasteiger partial charge in [0.15, 0.2) is 5.82 Å². The summed E-state index contributed by atoms with van der Waals surface area (Å²) < 4.78 is 3.60. The Kier molecular flexibility index (Phi) is 4.92. The Bertz CT molecular complexity index is 1580. The fourth-order valence-corrected chi connectivity index (χ4v) is 5.65. The number of fused-ring (bicyclic) bond motifs is 3. The van der Waals surface area contributed by atoms with Crippen LogP contribution in [0.1, 0.15) is 31.0 Å². The maximum Gasteiger partial charge on any atom is 0.151 e. The SMILES string of the molecule is CC(C)c1ccc2c(NCCc3c[nH]c4ccccc34)nc(-c3csc4ccccc34)cn12. The van der Waals surface area contributed by atoms with Crippen molar-refractivity contribution in [2.24, 2.45) is 0 Å². The minimum Gasteiger partial charge on any atom is -0.368 e. The molecule has 33 heavy (non-hydrogen) atoms. The van der Waals surface area contributed by atoms with E-state index < -0.39 is 0 Å². The predicted octanol–water partition coefficient (Wildman–Crippen LogP) is 7.48. The molecule has 0 spiro atoms. The molecule has 164 valence electrons. The number of hydrogen-bond donors (Lipinski definition) is 2. The number of benzene rings is 2. The van der Waals surface area contributed by atoms with Gasteiger partial charge in [0.25, 0.3) is 0 Å². The summed E-state index contributed by atoms with van der Waals surface area (Å²) in [7, 11) is 0. The summed E-state index contributed by atoms with van der Waals surface area (Å²) in [5.74, 6) is 1.37. The Morgan fingerprint density at radius 1 is 1.00 bits per heavy atom. The largest absolute Gasteiger partial charge is 0.368 e. The van der Waals surface area contributed by atoms with Crippen molar-refractivity contribution in [3.8, 4) is 11.3 Å². The van der Waals surface area contributed by atoms with Crippen LogP contribution in [-0.4, -0.2) is 20.9 Å². The van der Waals surface area contributed by atoms with Crippen molar-refractivity contribution >= 4 is 43.7 Å². The minimum atomic E-state index is 0.432. The third kappa shape index (κ3) is 3.49. The number of H-pyrrole nitrogens is 1. The molecule has 0 aliphatic carbocycles. The average molecular weight is 451 g/mol. The van der Waals surface area contributed by atoms with Gasteiger partial charge < -0.3 is 14.7 Å². The summed E-state index contributed by atoms with van der Waals surface area (Å²) in [5, 5.41) is 8.43. The summed E-state index contributed by atoms with van der Waals surface area (Å²) >= 11 is 1.78. The third-order valence-electron chi connectivity index (χ3n) is 6.39. The summed E-state index contributed by atoms with van der Waals surface area (Å²) in [4.78, 5) is 8.49. The second-order valence-electron chi connectivity index (χ2n) is 8.82. The van der Waals surface area contributed by atoms with Crippen molar-refractivity contribution in [2.45, 2.75) is 26.2 Å². The lowest BCUT2D eigenvalue weighted by atomic mass is 10.1. The number of thiophene rings is 1. The topological polar surface area (TPSA) is 45.1 Å². The molecule has 6 aromatic rings. The average Bonchev–Trinajstić information content (AvgIpc) is 3.55. The maximum absolute atomic E-state index is 5.11. The predicted molar refractivity (Wildman–Crippen MR) is 141 cm³/mol. The van der Waals surface area contributed by atoms with E-state index >= 15 is 0 Å². The number of nitrogens with zero attached hydrogens (tertiary/aromatic N) is 2. The van der Waals surface area contributed by atoms with Crippen molar-refractivity contribution in [1.29, 1.82) is 0 Å². The van der Waals surface area contributed by atoms with E-state index in [1.54, 1.807) is 11.3 Å². The van der Waals surface area contributed by atoms with Crippen molar-refractivity contribution in [3.63, 3.8) is 0 Å². The molecule has 4 nitrogen and oxygen atoms in total. The number of para-hydroxylation sites is 1. The molecule has 0 bridgehead atoms. The molecule has 0 saturated heterocycles. The van der Waals surface area contributed by atoms with Gasteiger partial charge in [0.2, 0.25) is 0 Å². The van der Waals surface area contributed by atoms with Gasteiger partial charge in [0.1, 0.15) is 0 Å². The Labute approximate surface area is 196 Å². The van der Waals surface area contributed by atoms with Gasteiger partial charge in [0.05, 0.1) is 11.2 Å². The van der Waals surface area contributed by atoms with Crippen molar-refractivity contribution < 1.29 is 0 Å². The molecule has 0 unspecified atom stereocenters. The lowest BCUT2D eigenvalue weighted by Crippen LogP contribution is -2.09. The first-order valence-electron chi connectivity index (χ1n) is 11.5. The van der Waals surface area contributed by atoms with Crippen LogP contribution in [0, 0.1) is 0 Å². The fraction of sp³-hybridized carbons (Fsp3) is 0.179. The standard InChI is InChI=1S/C28H26N4S/c1-18(2)25-11-12-26-28(29-14-13-19-15-30-23-9-5-3-7-20(19)23)31-24(16-32(25)26)22-17-33-27-10-6-4-8-21(22)27/h3-12,15-18,30H,13-14H2,1-2H3,(H,29,31). The third-order valence-corrected chi connectivity index (χ3v) is 7.35. The van der Waals surface area contributed by atoms with Gasteiger partial charge in [-0.2, -0.15) is 0 Å². The number of aromatic amines is 1. The zero-order chi connectivity index (χ0) is 22.4. The Morgan fingerprint density at radius 3 is 2.70 bits per heavy atom. The second-order valence-corrected chi connectivity index (χ2v) is 9.74. The van der Waals surface area contributed by atoms with E-state index in [-0.39, 0.29) is 0 Å². The van der Waals surface area contributed by atoms with Crippen molar-refractivity contribution in [1.82, 2.24) is 14.4 Å². The summed E-state index contributed by atoms with van der Waals surface area (Å²) in [6.07, 6.45) is 5.25. The normalized spacial score (nSPS) is 11.8. The highest BCUT2D eigenvalue weighted by molar-refractivity contribution is 7.17. The molecule has 0 fully saturated rings. The van der Waals surface area contributed by atoms with E-state index in [2.05, 4.69) is 107 Å². The van der Waals surface area contributed by atoms with Gasteiger partial charge in [-0.25, -0.2) is 4.98 Å². The van der Waals surface area contributed by atoms with Crippen LogP contribution in [0.4, 0.5) is 5.82 Å². The number of hydrogen-bond acceptors (Lipinski definition) is 3. The Balaban J connectivity index is 1.38. The Morgan fingerprint density at radius 2 is 1.82 bits per heavy atom. The van der Waals surface area contributed by atoms with Crippen LogP contribution in [-0.2, 0) is 6.42 Å². The van der Waals surface area contributed by atoms with Gasteiger partial charge in [-0.05, 0) is 42.2 Å². The van der Waals surface area contributed by atoms with E-state index in [1.165, 1.54) is 37.8 Å². The molecule has 0 amide bonds. The highest BCUT2D eigenvalue weighted by atomic mass is 32.1. The molecule has 0 atom stereocenters. The summed E-state index contributed by atoms with van der Waals surface area (Å²) in [6, 6.07) is 21.5. The van der Waals surface area contributed by atoms with Crippen molar-refractivity contribution in [3.05, 3.63) is 89.7 Å². The van der Waals surface area contributed by atoms with E-state index in [0.717, 1.165) is 30.0 Å². The molecule has 5 heteroatoms. The molecule has 0 saturated carbocycles. The number of aromatic nitrogens is 3. The maximum atomic E-state index is 5.11. The minimum absolute atomic E-state index is 0.432. The molecule has 0 aliphatic heterocycles. The first-order valence-corrected chi connectivity index (χ1v) is 12.3. The summed E-state index contributed by atoms with van der Waals surface area (Å²) in [5.41, 5.74) is 7.14. The van der Waals surface area contributed by atoms with Crippen LogP contribution in [0.2, 0.25) is 0 Å². The van der Waals surface area contributed by atoms with E-state index in [1.807, 2.05) is 0 Å². The van der Waals surface area contributed by atoms with E-state index in [4.69, 9.17) is 4.98 Å². The first kappa shape index (κ1) is 20.1. The van der Waals surface area contributed by atoms with Crippen LogP contribution >= 0.6 is 11.3 Å². The van der Waals surface area contributed by atoms with Crippen LogP contribution in [0.15, 0.2) is 78.4 Å². The van der Waals surface area contributed by atoms with Gasteiger partial charge in [0, 0.05) is 56.6 Å². The Hall–Kier alpha value is -3.57. The van der Waals surface area contributed by atoms with Gasteiger partial charge >= 0.3 is 0 Å². The highest BCUT2D eigenvalue weighted by Crippen LogP contribution is 2.35.